The lowest BCUT2D eigenvalue weighted by atomic mass is 9.99. The summed E-state index contributed by atoms with van der Waals surface area (Å²) in [6.07, 6.45) is 0. The van der Waals surface area contributed by atoms with Gasteiger partial charge in [0, 0.05) is 6.04 Å². The Bertz CT molecular complexity index is 321. The van der Waals surface area contributed by atoms with Crippen molar-refractivity contribution < 1.29 is 0 Å². The Balaban J connectivity index is 3.25. The molecule has 2 N–H and O–H groups in total. The van der Waals surface area contributed by atoms with E-state index < -0.39 is 0 Å². The van der Waals surface area contributed by atoms with Gasteiger partial charge in [0.05, 0.1) is 11.6 Å². The molecule has 62 valence electrons. The van der Waals surface area contributed by atoms with Crippen LogP contribution in [0.4, 0.5) is 0 Å². The average Bonchev–Trinajstić information content (AvgIpc) is 2.04. The van der Waals surface area contributed by atoms with Crippen LogP contribution in [-0.4, -0.2) is 0 Å². The molecular weight excluding hydrogens is 148 g/mol. The highest BCUT2D eigenvalue weighted by Crippen LogP contribution is 2.17. The molecule has 0 heterocycles. The van der Waals surface area contributed by atoms with E-state index in [0.29, 0.717) is 5.56 Å². The van der Waals surface area contributed by atoms with Crippen molar-refractivity contribution in [2.75, 3.05) is 0 Å². The highest BCUT2D eigenvalue weighted by Gasteiger charge is 2.05. The second-order valence-electron chi connectivity index (χ2n) is 2.92. The van der Waals surface area contributed by atoms with Gasteiger partial charge in [-0.05, 0) is 31.0 Å². The fourth-order valence-electron chi connectivity index (χ4n) is 1.27. The van der Waals surface area contributed by atoms with Crippen LogP contribution in [0.5, 0.6) is 0 Å². The average molecular weight is 160 g/mol. The third-order valence-electron chi connectivity index (χ3n) is 1.99. The van der Waals surface area contributed by atoms with Crippen LogP contribution < -0.4 is 5.73 Å². The van der Waals surface area contributed by atoms with Gasteiger partial charge in [0.2, 0.25) is 0 Å². The molecule has 0 aliphatic carbocycles. The predicted octanol–water partition coefficient (Wildman–Crippen LogP) is 1.89. The van der Waals surface area contributed by atoms with Crippen LogP contribution in [0.15, 0.2) is 18.2 Å². The lowest BCUT2D eigenvalue weighted by Gasteiger charge is -2.09. The molecule has 2 nitrogen and oxygen atoms in total. The molecule has 1 aromatic rings. The Hall–Kier alpha value is -1.33. The summed E-state index contributed by atoms with van der Waals surface area (Å²) >= 11 is 0. The Labute approximate surface area is 72.6 Å². The van der Waals surface area contributed by atoms with E-state index in [1.807, 2.05) is 26.0 Å². The van der Waals surface area contributed by atoms with Crippen LogP contribution in [-0.2, 0) is 0 Å². The predicted molar refractivity (Wildman–Crippen MR) is 48.5 cm³/mol. The number of nitrogens with two attached hydrogens (primary N) is 1. The third kappa shape index (κ3) is 1.46. The molecule has 1 atom stereocenters. The van der Waals surface area contributed by atoms with Gasteiger partial charge in [-0.15, -0.1) is 0 Å². The molecule has 1 rings (SSSR count). The van der Waals surface area contributed by atoms with Crippen molar-refractivity contribution in [1.82, 2.24) is 0 Å². The van der Waals surface area contributed by atoms with Gasteiger partial charge in [-0.1, -0.05) is 12.1 Å². The van der Waals surface area contributed by atoms with Gasteiger partial charge in [0.15, 0.2) is 0 Å². The molecule has 0 spiro atoms. The number of hydrogen-bond donors (Lipinski definition) is 1. The second kappa shape index (κ2) is 3.38. The number of rotatable bonds is 1. The fraction of sp³-hybridized carbons (Fsp3) is 0.300. The van der Waals surface area contributed by atoms with Crippen molar-refractivity contribution >= 4 is 0 Å². The molecule has 0 amide bonds. The van der Waals surface area contributed by atoms with E-state index in [1.54, 1.807) is 6.07 Å². The van der Waals surface area contributed by atoms with Crippen LogP contribution in [0.2, 0.25) is 0 Å². The standard InChI is InChI=1S/C10H12N2/c1-7-9(6-11)4-3-5-10(7)8(2)12/h3-5,8H,12H2,1-2H3/t8-/m0/s1. The Morgan fingerprint density at radius 1 is 1.50 bits per heavy atom. The summed E-state index contributed by atoms with van der Waals surface area (Å²) in [5.74, 6) is 0. The molecule has 0 fully saturated rings. The molecule has 0 radical (unpaired) electrons. The van der Waals surface area contributed by atoms with Gasteiger partial charge < -0.3 is 5.73 Å². The van der Waals surface area contributed by atoms with E-state index >= 15 is 0 Å². The maximum Gasteiger partial charge on any atom is 0.0994 e. The SMILES string of the molecule is Cc1c(C#N)cccc1[C@H](C)N. The summed E-state index contributed by atoms with van der Waals surface area (Å²) in [6, 6.07) is 7.76. The molecule has 12 heavy (non-hydrogen) atoms. The molecule has 0 aliphatic heterocycles. The summed E-state index contributed by atoms with van der Waals surface area (Å²) in [5, 5.41) is 8.73. The zero-order valence-electron chi connectivity index (χ0n) is 7.33. The summed E-state index contributed by atoms with van der Waals surface area (Å²) in [6.45, 7) is 3.85. The van der Waals surface area contributed by atoms with Crippen molar-refractivity contribution in [1.29, 1.82) is 5.26 Å². The van der Waals surface area contributed by atoms with E-state index in [4.69, 9.17) is 11.0 Å². The topological polar surface area (TPSA) is 49.8 Å². The van der Waals surface area contributed by atoms with E-state index in [0.717, 1.165) is 11.1 Å². The van der Waals surface area contributed by atoms with E-state index in [9.17, 15) is 0 Å². The minimum atomic E-state index is -0.00157. The Morgan fingerprint density at radius 2 is 2.17 bits per heavy atom. The fourth-order valence-corrected chi connectivity index (χ4v) is 1.27. The first kappa shape index (κ1) is 8.76. The first-order valence-corrected chi connectivity index (χ1v) is 3.92. The molecule has 2 heteroatoms. The molecule has 0 saturated heterocycles. The van der Waals surface area contributed by atoms with Gasteiger partial charge in [-0.3, -0.25) is 0 Å². The second-order valence-corrected chi connectivity index (χ2v) is 2.92. The highest BCUT2D eigenvalue weighted by atomic mass is 14.6. The van der Waals surface area contributed by atoms with Gasteiger partial charge >= 0.3 is 0 Å². The monoisotopic (exact) mass is 160 g/mol. The maximum absolute atomic E-state index is 8.73. The summed E-state index contributed by atoms with van der Waals surface area (Å²) in [5.41, 5.74) is 8.49. The number of nitriles is 1. The van der Waals surface area contributed by atoms with Gasteiger partial charge in [0.25, 0.3) is 0 Å². The van der Waals surface area contributed by atoms with Crippen LogP contribution >= 0.6 is 0 Å². The number of nitrogens with zero attached hydrogens (tertiary/aromatic N) is 1. The molecule has 1 aromatic carbocycles. The molecule has 0 saturated carbocycles. The van der Waals surface area contributed by atoms with Gasteiger partial charge in [-0.25, -0.2) is 0 Å². The smallest absolute Gasteiger partial charge is 0.0994 e. The molecule has 0 unspecified atom stereocenters. The molecule has 0 aliphatic rings. The maximum atomic E-state index is 8.73. The van der Waals surface area contributed by atoms with E-state index in [-0.39, 0.29) is 6.04 Å². The Kier molecular flexibility index (Phi) is 2.47. The highest BCUT2D eigenvalue weighted by molar-refractivity contribution is 5.42. The minimum absolute atomic E-state index is 0.00157. The molecular formula is C10H12N2. The lowest BCUT2D eigenvalue weighted by molar-refractivity contribution is 0.809. The van der Waals surface area contributed by atoms with Crippen LogP contribution in [0.1, 0.15) is 29.7 Å². The first-order valence-electron chi connectivity index (χ1n) is 3.92. The van der Waals surface area contributed by atoms with Crippen molar-refractivity contribution in [3.05, 3.63) is 34.9 Å². The van der Waals surface area contributed by atoms with Crippen molar-refractivity contribution in [2.24, 2.45) is 5.73 Å². The summed E-state index contributed by atoms with van der Waals surface area (Å²) in [4.78, 5) is 0. The molecule has 0 bridgehead atoms. The van der Waals surface area contributed by atoms with Gasteiger partial charge in [-0.2, -0.15) is 5.26 Å². The minimum Gasteiger partial charge on any atom is -0.324 e. The van der Waals surface area contributed by atoms with E-state index in [2.05, 4.69) is 6.07 Å². The summed E-state index contributed by atoms with van der Waals surface area (Å²) < 4.78 is 0. The quantitative estimate of drug-likeness (QED) is 0.682. The van der Waals surface area contributed by atoms with Crippen molar-refractivity contribution in [2.45, 2.75) is 19.9 Å². The largest absolute Gasteiger partial charge is 0.324 e. The zero-order valence-corrected chi connectivity index (χ0v) is 7.33. The van der Waals surface area contributed by atoms with Crippen molar-refractivity contribution in [3.8, 4) is 6.07 Å². The van der Waals surface area contributed by atoms with Crippen LogP contribution in [0, 0.1) is 18.3 Å². The van der Waals surface area contributed by atoms with Crippen LogP contribution in [0.25, 0.3) is 0 Å². The van der Waals surface area contributed by atoms with Crippen molar-refractivity contribution in [3.63, 3.8) is 0 Å². The van der Waals surface area contributed by atoms with Gasteiger partial charge in [0.1, 0.15) is 0 Å². The zero-order chi connectivity index (χ0) is 9.14. The normalized spacial score (nSPS) is 12.2. The first-order chi connectivity index (χ1) is 5.66. The third-order valence-corrected chi connectivity index (χ3v) is 1.99. The Morgan fingerprint density at radius 3 is 2.67 bits per heavy atom. The van der Waals surface area contributed by atoms with E-state index in [1.165, 1.54) is 0 Å². The lowest BCUT2D eigenvalue weighted by Crippen LogP contribution is -2.07. The summed E-state index contributed by atoms with van der Waals surface area (Å²) in [7, 11) is 0. The number of benzene rings is 1. The van der Waals surface area contributed by atoms with Crippen LogP contribution in [0.3, 0.4) is 0 Å². The molecule has 0 aromatic heterocycles. The number of hydrogen-bond acceptors (Lipinski definition) is 2.